The topological polar surface area (TPSA) is 77.0 Å². The molecule has 0 spiro atoms. The molecule has 5 nitrogen and oxygen atoms in total. The van der Waals surface area contributed by atoms with Crippen LogP contribution in [-0.4, -0.2) is 18.2 Å². The predicted molar refractivity (Wildman–Crippen MR) is 99.6 cm³/mol. The van der Waals surface area contributed by atoms with Gasteiger partial charge in [-0.1, -0.05) is 30.3 Å². The molecule has 2 aromatic carbocycles. The van der Waals surface area contributed by atoms with Crippen LogP contribution >= 0.6 is 0 Å². The summed E-state index contributed by atoms with van der Waals surface area (Å²) in [7, 11) is 0. The molecule has 122 valence electrons. The highest BCUT2D eigenvalue weighted by Gasteiger charge is 2.20. The van der Waals surface area contributed by atoms with E-state index in [9.17, 15) is 4.79 Å². The second kappa shape index (κ2) is 7.00. The third-order valence-corrected chi connectivity index (χ3v) is 3.86. The summed E-state index contributed by atoms with van der Waals surface area (Å²) in [6.07, 6.45) is 3.53. The molecule has 1 amide bonds. The van der Waals surface area contributed by atoms with Crippen LogP contribution < -0.4 is 16.0 Å². The number of para-hydroxylation sites is 2. The van der Waals surface area contributed by atoms with Gasteiger partial charge in [-0.15, -0.1) is 0 Å². The summed E-state index contributed by atoms with van der Waals surface area (Å²) in [4.78, 5) is 11.9. The summed E-state index contributed by atoms with van der Waals surface area (Å²) in [5.41, 5.74) is 4.15. The summed E-state index contributed by atoms with van der Waals surface area (Å²) in [6, 6.07) is 15.5. The molecule has 1 heterocycles. The summed E-state index contributed by atoms with van der Waals surface area (Å²) in [5, 5.41) is 17.3. The van der Waals surface area contributed by atoms with Crippen molar-refractivity contribution in [2.45, 2.75) is 19.4 Å². The van der Waals surface area contributed by atoms with E-state index in [1.54, 1.807) is 6.20 Å². The highest BCUT2D eigenvalue weighted by atomic mass is 16.1. The molecule has 1 atom stereocenters. The third-order valence-electron chi connectivity index (χ3n) is 3.86. The number of allylic oxidation sites excluding steroid dienone is 1. The molecular weight excluding hydrogens is 300 g/mol. The summed E-state index contributed by atoms with van der Waals surface area (Å²) in [5.74, 6) is -0.00584. The molecule has 2 aromatic rings. The van der Waals surface area contributed by atoms with E-state index in [1.807, 2.05) is 55.5 Å². The third kappa shape index (κ3) is 3.46. The van der Waals surface area contributed by atoms with E-state index in [2.05, 4.69) is 16.0 Å². The Labute approximate surface area is 141 Å². The minimum absolute atomic E-state index is 0.00584. The molecule has 0 fully saturated rings. The van der Waals surface area contributed by atoms with Crippen molar-refractivity contribution in [1.29, 1.82) is 5.41 Å². The van der Waals surface area contributed by atoms with Crippen LogP contribution in [0.5, 0.6) is 0 Å². The minimum Gasteiger partial charge on any atom is -0.380 e. The lowest BCUT2D eigenvalue weighted by molar-refractivity contribution is -0.116. The van der Waals surface area contributed by atoms with Gasteiger partial charge in [0.25, 0.3) is 0 Å². The van der Waals surface area contributed by atoms with Crippen LogP contribution in [0.4, 0.5) is 17.1 Å². The number of hydrogen-bond acceptors (Lipinski definition) is 4. The van der Waals surface area contributed by atoms with Crippen LogP contribution in [0, 0.1) is 5.41 Å². The molecule has 0 radical (unpaired) electrons. The molecule has 0 saturated heterocycles. The predicted octanol–water partition coefficient (Wildman–Crippen LogP) is 3.93. The van der Waals surface area contributed by atoms with E-state index in [0.717, 1.165) is 28.2 Å². The van der Waals surface area contributed by atoms with E-state index in [4.69, 9.17) is 5.41 Å². The minimum atomic E-state index is -0.00584. The molecular formula is C19H20N4O. The van der Waals surface area contributed by atoms with Crippen molar-refractivity contribution in [3.8, 4) is 0 Å². The van der Waals surface area contributed by atoms with Crippen molar-refractivity contribution in [3.05, 3.63) is 60.3 Å². The Morgan fingerprint density at radius 3 is 2.75 bits per heavy atom. The monoisotopic (exact) mass is 320 g/mol. The molecule has 1 aliphatic rings. The number of anilines is 3. The average Bonchev–Trinajstić information content (AvgIpc) is 2.73. The van der Waals surface area contributed by atoms with Crippen LogP contribution in [0.15, 0.2) is 54.7 Å². The molecule has 3 rings (SSSR count). The summed E-state index contributed by atoms with van der Waals surface area (Å²) >= 11 is 0. The van der Waals surface area contributed by atoms with Crippen molar-refractivity contribution < 1.29 is 4.79 Å². The quantitative estimate of drug-likeness (QED) is 0.645. The fourth-order valence-corrected chi connectivity index (χ4v) is 2.72. The number of benzene rings is 2. The zero-order valence-corrected chi connectivity index (χ0v) is 13.5. The molecule has 0 aromatic heterocycles. The first kappa shape index (κ1) is 15.8. The van der Waals surface area contributed by atoms with Gasteiger partial charge in [0.2, 0.25) is 5.91 Å². The molecule has 0 aliphatic carbocycles. The normalized spacial score (nSPS) is 17.1. The van der Waals surface area contributed by atoms with E-state index >= 15 is 0 Å². The Kier molecular flexibility index (Phi) is 4.61. The van der Waals surface area contributed by atoms with E-state index in [0.29, 0.717) is 6.42 Å². The first-order chi connectivity index (χ1) is 11.7. The smallest absolute Gasteiger partial charge is 0.226 e. The van der Waals surface area contributed by atoms with Gasteiger partial charge in [0.05, 0.1) is 11.4 Å². The Bertz CT molecular complexity index is 783. The second-order valence-electron chi connectivity index (χ2n) is 5.78. The first-order valence-electron chi connectivity index (χ1n) is 7.89. The van der Waals surface area contributed by atoms with Crippen molar-refractivity contribution in [1.82, 2.24) is 0 Å². The van der Waals surface area contributed by atoms with Crippen LogP contribution in [0.2, 0.25) is 0 Å². The van der Waals surface area contributed by atoms with Crippen LogP contribution in [0.1, 0.15) is 18.9 Å². The highest BCUT2D eigenvalue weighted by Crippen LogP contribution is 2.33. The maximum absolute atomic E-state index is 11.9. The number of rotatable bonds is 4. The maximum Gasteiger partial charge on any atom is 0.226 e. The molecule has 0 unspecified atom stereocenters. The van der Waals surface area contributed by atoms with Gasteiger partial charge >= 0.3 is 0 Å². The SMILES string of the molecule is C[C@@H]1CC(=O)Nc2cccc(/C(C=N)=C/Nc3ccccc3)c2N1. The number of fused-ring (bicyclic) bond motifs is 1. The van der Waals surface area contributed by atoms with Crippen molar-refractivity contribution in [2.24, 2.45) is 0 Å². The van der Waals surface area contributed by atoms with Gasteiger partial charge in [-0.25, -0.2) is 0 Å². The zero-order chi connectivity index (χ0) is 16.9. The molecule has 0 saturated carbocycles. The van der Waals surface area contributed by atoms with Crippen molar-refractivity contribution >= 4 is 34.8 Å². The van der Waals surface area contributed by atoms with Crippen molar-refractivity contribution in [3.63, 3.8) is 0 Å². The van der Waals surface area contributed by atoms with Gasteiger partial charge in [-0.3, -0.25) is 4.79 Å². The average molecular weight is 320 g/mol. The zero-order valence-electron chi connectivity index (χ0n) is 13.5. The fourth-order valence-electron chi connectivity index (χ4n) is 2.72. The van der Waals surface area contributed by atoms with Gasteiger partial charge in [0, 0.05) is 41.7 Å². The molecule has 24 heavy (non-hydrogen) atoms. The van der Waals surface area contributed by atoms with Crippen LogP contribution in [-0.2, 0) is 4.79 Å². The van der Waals surface area contributed by atoms with Gasteiger partial charge < -0.3 is 21.4 Å². The van der Waals surface area contributed by atoms with Crippen molar-refractivity contribution in [2.75, 3.05) is 16.0 Å². The lowest BCUT2D eigenvalue weighted by atomic mass is 10.0. The molecule has 0 bridgehead atoms. The molecule has 5 heteroatoms. The fraction of sp³-hybridized carbons (Fsp3) is 0.158. The Morgan fingerprint density at radius 1 is 1.21 bits per heavy atom. The second-order valence-corrected chi connectivity index (χ2v) is 5.78. The maximum atomic E-state index is 11.9. The number of hydrogen-bond donors (Lipinski definition) is 4. The van der Waals surface area contributed by atoms with Crippen LogP contribution in [0.25, 0.3) is 5.57 Å². The number of carbonyl (C=O) groups excluding carboxylic acids is 1. The van der Waals surface area contributed by atoms with Gasteiger partial charge in [0.1, 0.15) is 0 Å². The number of nitrogens with one attached hydrogen (secondary N) is 4. The van der Waals surface area contributed by atoms with E-state index in [-0.39, 0.29) is 11.9 Å². The number of amides is 1. The van der Waals surface area contributed by atoms with E-state index in [1.165, 1.54) is 6.21 Å². The number of carbonyl (C=O) groups is 1. The lowest BCUT2D eigenvalue weighted by Gasteiger charge is -2.17. The lowest BCUT2D eigenvalue weighted by Crippen LogP contribution is -2.19. The Morgan fingerprint density at radius 2 is 2.00 bits per heavy atom. The van der Waals surface area contributed by atoms with Crippen LogP contribution in [0.3, 0.4) is 0 Å². The Hall–Kier alpha value is -3.08. The summed E-state index contributed by atoms with van der Waals surface area (Å²) in [6.45, 7) is 1.97. The van der Waals surface area contributed by atoms with Gasteiger partial charge in [-0.2, -0.15) is 0 Å². The standard InChI is InChI=1S/C19H20N4O/c1-13-10-18(24)23-17-9-5-8-16(19(17)22-13)14(11-20)12-21-15-6-3-2-4-7-15/h2-9,11-13,20-22H,10H2,1H3,(H,23,24)/b14-12+,20-11?/t13-/m1/s1. The Balaban J connectivity index is 1.97. The van der Waals surface area contributed by atoms with E-state index < -0.39 is 0 Å². The largest absolute Gasteiger partial charge is 0.380 e. The van der Waals surface area contributed by atoms with Gasteiger partial charge in [0.15, 0.2) is 0 Å². The molecule has 1 aliphatic heterocycles. The first-order valence-corrected chi connectivity index (χ1v) is 7.89. The van der Waals surface area contributed by atoms with Gasteiger partial charge in [-0.05, 0) is 25.1 Å². The highest BCUT2D eigenvalue weighted by molar-refractivity contribution is 6.13. The molecule has 4 N–H and O–H groups in total. The summed E-state index contributed by atoms with van der Waals surface area (Å²) < 4.78 is 0.